The van der Waals surface area contributed by atoms with Crippen LogP contribution in [0.5, 0.6) is 0 Å². The number of nitrogens with zero attached hydrogens (tertiary/aromatic N) is 1. The van der Waals surface area contributed by atoms with Crippen molar-refractivity contribution in [2.45, 2.75) is 31.2 Å². The van der Waals surface area contributed by atoms with Crippen molar-refractivity contribution in [2.75, 3.05) is 13.1 Å². The third-order valence-corrected chi connectivity index (χ3v) is 3.05. The van der Waals surface area contributed by atoms with Crippen LogP contribution in [0.25, 0.3) is 0 Å². The lowest BCUT2D eigenvalue weighted by molar-refractivity contribution is -0.162. The lowest BCUT2D eigenvalue weighted by Crippen LogP contribution is -2.66. The molecule has 0 saturated carbocycles. The van der Waals surface area contributed by atoms with E-state index in [-0.39, 0.29) is 16.7 Å². The van der Waals surface area contributed by atoms with Gasteiger partial charge in [-0.25, -0.2) is 0 Å². The zero-order chi connectivity index (χ0) is 10.2. The Morgan fingerprint density at radius 1 is 1.46 bits per heavy atom. The Balaban J connectivity index is 2.45. The molecule has 0 aromatic rings. The monoisotopic (exact) mass is 249 g/mol. The lowest BCUT2D eigenvalue weighted by Gasteiger charge is -2.49. The second kappa shape index (κ2) is 3.58. The van der Waals surface area contributed by atoms with Gasteiger partial charge in [-0.1, -0.05) is 29.8 Å². The maximum absolute atomic E-state index is 11.4. The molecule has 1 aliphatic rings. The molecule has 1 saturated heterocycles. The maximum Gasteiger partial charge on any atom is 0.236 e. The number of hydrogen-bond acceptors (Lipinski definition) is 2. The van der Waals surface area contributed by atoms with Gasteiger partial charge in [0.25, 0.3) is 0 Å². The van der Waals surface area contributed by atoms with Crippen LogP contribution in [0, 0.1) is 5.92 Å². The highest BCUT2D eigenvalue weighted by molar-refractivity contribution is 9.10. The van der Waals surface area contributed by atoms with Gasteiger partial charge in [-0.2, -0.15) is 0 Å². The molecule has 1 amide bonds. The standard InChI is InChI=1S/C9H16BrNO2/c1-6(2)9(13)4-11(5-9)8(12)7(3)10/h6-7,13H,4-5H2,1-3H3. The van der Waals surface area contributed by atoms with Crippen molar-refractivity contribution in [1.82, 2.24) is 4.90 Å². The molecule has 4 heteroatoms. The van der Waals surface area contributed by atoms with Crippen molar-refractivity contribution in [1.29, 1.82) is 0 Å². The molecule has 76 valence electrons. The Morgan fingerprint density at radius 2 is 1.92 bits per heavy atom. The average Bonchev–Trinajstić information content (AvgIpc) is 1.96. The van der Waals surface area contributed by atoms with Crippen molar-refractivity contribution >= 4 is 21.8 Å². The van der Waals surface area contributed by atoms with Gasteiger partial charge in [0.15, 0.2) is 0 Å². The van der Waals surface area contributed by atoms with Crippen LogP contribution >= 0.6 is 15.9 Å². The van der Waals surface area contributed by atoms with Crippen molar-refractivity contribution in [2.24, 2.45) is 5.92 Å². The molecule has 1 unspecified atom stereocenters. The van der Waals surface area contributed by atoms with E-state index in [0.29, 0.717) is 13.1 Å². The van der Waals surface area contributed by atoms with Crippen LogP contribution in [-0.4, -0.2) is 39.4 Å². The molecule has 0 aromatic carbocycles. The molecule has 0 spiro atoms. The fourth-order valence-electron chi connectivity index (χ4n) is 1.39. The fourth-order valence-corrected chi connectivity index (χ4v) is 1.68. The summed E-state index contributed by atoms with van der Waals surface area (Å²) in [5.41, 5.74) is -0.655. The summed E-state index contributed by atoms with van der Waals surface area (Å²) in [5, 5.41) is 9.88. The van der Waals surface area contributed by atoms with E-state index in [4.69, 9.17) is 0 Å². The summed E-state index contributed by atoms with van der Waals surface area (Å²) in [6.45, 7) is 6.69. The highest BCUT2D eigenvalue weighted by Gasteiger charge is 2.46. The Morgan fingerprint density at radius 3 is 2.23 bits per heavy atom. The minimum atomic E-state index is -0.655. The molecule has 1 rings (SSSR count). The number of aliphatic hydroxyl groups is 1. The normalized spacial score (nSPS) is 22.8. The lowest BCUT2D eigenvalue weighted by atomic mass is 9.83. The Labute approximate surface area is 87.2 Å². The maximum atomic E-state index is 11.4. The molecule has 1 heterocycles. The highest BCUT2D eigenvalue weighted by atomic mass is 79.9. The van der Waals surface area contributed by atoms with Crippen LogP contribution in [0.3, 0.4) is 0 Å². The number of likely N-dealkylation sites (tertiary alicyclic amines) is 1. The summed E-state index contributed by atoms with van der Waals surface area (Å²) in [6.07, 6.45) is 0. The summed E-state index contributed by atoms with van der Waals surface area (Å²) in [6, 6.07) is 0. The van der Waals surface area contributed by atoms with Gasteiger partial charge in [0.1, 0.15) is 5.60 Å². The smallest absolute Gasteiger partial charge is 0.236 e. The molecule has 0 radical (unpaired) electrons. The third kappa shape index (κ3) is 2.05. The Hall–Kier alpha value is -0.0900. The van der Waals surface area contributed by atoms with E-state index in [1.807, 2.05) is 13.8 Å². The van der Waals surface area contributed by atoms with Gasteiger partial charge in [0.2, 0.25) is 5.91 Å². The third-order valence-electron chi connectivity index (χ3n) is 2.66. The predicted octanol–water partition coefficient (Wildman–Crippen LogP) is 0.999. The number of β-amino-alcohol motifs (C(OH)–C–C–N with tert-alkyl or cyclic N) is 1. The SMILES string of the molecule is CC(Br)C(=O)N1CC(O)(C(C)C)C1. The quantitative estimate of drug-likeness (QED) is 0.743. The summed E-state index contributed by atoms with van der Waals surface area (Å²) in [7, 11) is 0. The van der Waals surface area contributed by atoms with Crippen molar-refractivity contribution in [3.05, 3.63) is 0 Å². The largest absolute Gasteiger partial charge is 0.386 e. The molecule has 3 nitrogen and oxygen atoms in total. The number of rotatable bonds is 2. The molecular weight excluding hydrogens is 234 g/mol. The van der Waals surface area contributed by atoms with Crippen LogP contribution in [0.15, 0.2) is 0 Å². The van der Waals surface area contributed by atoms with E-state index in [2.05, 4.69) is 15.9 Å². The second-order valence-corrected chi connectivity index (χ2v) is 5.44. The minimum absolute atomic E-state index is 0.0605. The van der Waals surface area contributed by atoms with Crippen LogP contribution < -0.4 is 0 Å². The zero-order valence-electron chi connectivity index (χ0n) is 8.25. The number of halogens is 1. The van der Waals surface area contributed by atoms with Crippen molar-refractivity contribution in [3.63, 3.8) is 0 Å². The average molecular weight is 250 g/mol. The molecule has 0 bridgehead atoms. The number of alkyl halides is 1. The van der Waals surface area contributed by atoms with E-state index in [0.717, 1.165) is 0 Å². The number of hydrogen-bond donors (Lipinski definition) is 1. The summed E-state index contributed by atoms with van der Waals surface area (Å²) >= 11 is 3.22. The van der Waals surface area contributed by atoms with Gasteiger partial charge in [0, 0.05) is 0 Å². The first-order chi connectivity index (χ1) is 5.87. The zero-order valence-corrected chi connectivity index (χ0v) is 9.84. The van der Waals surface area contributed by atoms with E-state index in [9.17, 15) is 9.90 Å². The van der Waals surface area contributed by atoms with Crippen LogP contribution in [0.4, 0.5) is 0 Å². The van der Waals surface area contributed by atoms with Gasteiger partial charge in [-0.05, 0) is 12.8 Å². The molecule has 0 aromatic heterocycles. The number of amides is 1. The molecule has 1 aliphatic heterocycles. The summed E-state index contributed by atoms with van der Waals surface area (Å²) < 4.78 is 0. The first-order valence-corrected chi connectivity index (χ1v) is 5.43. The fraction of sp³-hybridized carbons (Fsp3) is 0.889. The van der Waals surface area contributed by atoms with Crippen LogP contribution in [-0.2, 0) is 4.79 Å². The first-order valence-electron chi connectivity index (χ1n) is 4.52. The molecule has 1 atom stereocenters. The van der Waals surface area contributed by atoms with E-state index < -0.39 is 5.60 Å². The molecular formula is C9H16BrNO2. The van der Waals surface area contributed by atoms with Gasteiger partial charge >= 0.3 is 0 Å². The number of carbonyl (C=O) groups is 1. The van der Waals surface area contributed by atoms with Crippen molar-refractivity contribution in [3.8, 4) is 0 Å². The van der Waals surface area contributed by atoms with Gasteiger partial charge in [-0.15, -0.1) is 0 Å². The summed E-state index contributed by atoms with van der Waals surface area (Å²) in [4.78, 5) is 12.9. The predicted molar refractivity (Wildman–Crippen MR) is 54.8 cm³/mol. The van der Waals surface area contributed by atoms with E-state index in [1.165, 1.54) is 0 Å². The van der Waals surface area contributed by atoms with Gasteiger partial charge in [0.05, 0.1) is 17.9 Å². The van der Waals surface area contributed by atoms with Gasteiger partial charge < -0.3 is 10.0 Å². The first kappa shape index (κ1) is 11.0. The van der Waals surface area contributed by atoms with Crippen molar-refractivity contribution < 1.29 is 9.90 Å². The Bertz CT molecular complexity index is 210. The molecule has 1 N–H and O–H groups in total. The number of carbonyl (C=O) groups excluding carboxylic acids is 1. The molecule has 1 fully saturated rings. The Kier molecular flexibility index (Phi) is 3.02. The highest BCUT2D eigenvalue weighted by Crippen LogP contribution is 2.29. The van der Waals surface area contributed by atoms with Crippen LogP contribution in [0.2, 0.25) is 0 Å². The topological polar surface area (TPSA) is 40.5 Å². The summed E-state index contributed by atoms with van der Waals surface area (Å²) in [5.74, 6) is 0.271. The van der Waals surface area contributed by atoms with Crippen LogP contribution in [0.1, 0.15) is 20.8 Å². The van der Waals surface area contributed by atoms with Gasteiger partial charge in [-0.3, -0.25) is 4.79 Å². The molecule has 0 aliphatic carbocycles. The second-order valence-electron chi connectivity index (χ2n) is 4.07. The minimum Gasteiger partial charge on any atom is -0.386 e. The van der Waals surface area contributed by atoms with E-state index >= 15 is 0 Å². The molecule has 13 heavy (non-hydrogen) atoms. The van der Waals surface area contributed by atoms with E-state index in [1.54, 1.807) is 11.8 Å².